The maximum atomic E-state index is 13.1. The standard InChI is InChI=1S/C25H38O2/c1-16(26)25-11-5-4-6-18(25)15-22-20-8-7-17-14-19(27)9-12-23(17,2)21(20)10-13-24(22,25)3/h17-18,20-22H,4-15H2,1-3H3/t17-,18?,20?,21?,22?,23?,24?,25+/m1/s1. The van der Waals surface area contributed by atoms with Crippen LogP contribution in [0.2, 0.25) is 0 Å². The normalized spacial score (nSPS) is 54.5. The van der Waals surface area contributed by atoms with Crippen molar-refractivity contribution in [1.82, 2.24) is 0 Å². The molecule has 0 aromatic rings. The van der Waals surface area contributed by atoms with Gasteiger partial charge in [0, 0.05) is 18.3 Å². The number of carbonyl (C=O) groups is 2. The summed E-state index contributed by atoms with van der Waals surface area (Å²) in [6.45, 7) is 6.98. The monoisotopic (exact) mass is 370 g/mol. The van der Waals surface area contributed by atoms with Crippen LogP contribution in [0.25, 0.3) is 0 Å². The maximum absolute atomic E-state index is 13.1. The Bertz CT molecular complexity index is 667. The van der Waals surface area contributed by atoms with E-state index in [0.29, 0.717) is 28.8 Å². The molecule has 0 heterocycles. The summed E-state index contributed by atoms with van der Waals surface area (Å²) in [7, 11) is 0. The summed E-state index contributed by atoms with van der Waals surface area (Å²) >= 11 is 0. The molecule has 5 rings (SSSR count). The first-order chi connectivity index (χ1) is 12.8. The third kappa shape index (κ3) is 2.19. The molecule has 0 spiro atoms. The van der Waals surface area contributed by atoms with Crippen molar-refractivity contribution in [1.29, 1.82) is 0 Å². The summed E-state index contributed by atoms with van der Waals surface area (Å²) in [6, 6.07) is 0. The zero-order valence-corrected chi connectivity index (χ0v) is 17.7. The summed E-state index contributed by atoms with van der Waals surface area (Å²) in [5, 5.41) is 0. The Morgan fingerprint density at radius 2 is 1.74 bits per heavy atom. The van der Waals surface area contributed by atoms with Crippen LogP contribution in [0.4, 0.5) is 0 Å². The van der Waals surface area contributed by atoms with Gasteiger partial charge in [-0.1, -0.05) is 26.7 Å². The molecule has 27 heavy (non-hydrogen) atoms. The first-order valence-corrected chi connectivity index (χ1v) is 11.9. The molecule has 0 amide bonds. The first kappa shape index (κ1) is 18.4. The minimum atomic E-state index is -0.0127. The predicted octanol–water partition coefficient (Wildman–Crippen LogP) is 5.97. The summed E-state index contributed by atoms with van der Waals surface area (Å²) in [5.41, 5.74) is 0.606. The van der Waals surface area contributed by atoms with Gasteiger partial charge in [-0.2, -0.15) is 0 Å². The van der Waals surface area contributed by atoms with Crippen molar-refractivity contribution < 1.29 is 9.59 Å². The molecule has 0 aromatic carbocycles. The highest BCUT2D eigenvalue weighted by molar-refractivity contribution is 5.84. The van der Waals surface area contributed by atoms with Gasteiger partial charge in [-0.15, -0.1) is 0 Å². The number of Topliss-reactive ketones (excluding diaryl/α,β-unsaturated/α-hetero) is 2. The van der Waals surface area contributed by atoms with Gasteiger partial charge in [0.2, 0.25) is 0 Å². The van der Waals surface area contributed by atoms with E-state index in [9.17, 15) is 9.59 Å². The fourth-order valence-corrected chi connectivity index (χ4v) is 9.84. The number of hydrogen-bond acceptors (Lipinski definition) is 2. The Labute approximate surface area is 165 Å². The van der Waals surface area contributed by atoms with Crippen LogP contribution >= 0.6 is 0 Å². The van der Waals surface area contributed by atoms with Gasteiger partial charge >= 0.3 is 0 Å². The second-order valence-electron chi connectivity index (χ2n) is 11.6. The van der Waals surface area contributed by atoms with Crippen LogP contribution in [0.15, 0.2) is 0 Å². The van der Waals surface area contributed by atoms with Crippen molar-refractivity contribution in [3.05, 3.63) is 0 Å². The van der Waals surface area contributed by atoms with Crippen molar-refractivity contribution in [2.24, 2.45) is 45.8 Å². The molecule has 5 saturated carbocycles. The van der Waals surface area contributed by atoms with Crippen LogP contribution in [-0.4, -0.2) is 11.6 Å². The number of ketones is 2. The molecule has 5 aliphatic carbocycles. The summed E-state index contributed by atoms with van der Waals surface area (Å²) in [4.78, 5) is 25.2. The number of rotatable bonds is 1. The number of hydrogen-bond donors (Lipinski definition) is 0. The van der Waals surface area contributed by atoms with E-state index in [2.05, 4.69) is 13.8 Å². The summed E-state index contributed by atoms with van der Waals surface area (Å²) < 4.78 is 0. The zero-order valence-electron chi connectivity index (χ0n) is 17.7. The predicted molar refractivity (Wildman–Crippen MR) is 107 cm³/mol. The largest absolute Gasteiger partial charge is 0.300 e. The molecular formula is C25H38O2. The lowest BCUT2D eigenvalue weighted by atomic mass is 9.42. The Morgan fingerprint density at radius 3 is 2.52 bits per heavy atom. The third-order valence-corrected chi connectivity index (χ3v) is 11.1. The molecular weight excluding hydrogens is 332 g/mol. The molecule has 0 aromatic heterocycles. The highest BCUT2D eigenvalue weighted by Gasteiger charge is 2.69. The average Bonchev–Trinajstić information content (AvgIpc) is 2.92. The Hall–Kier alpha value is -0.660. The highest BCUT2D eigenvalue weighted by Crippen LogP contribution is 2.74. The lowest BCUT2D eigenvalue weighted by Crippen LogP contribution is -2.56. The molecule has 0 aliphatic heterocycles. The summed E-state index contributed by atoms with van der Waals surface area (Å²) in [5.74, 6) is 4.66. The average molecular weight is 371 g/mol. The SMILES string of the molecule is CC(=O)[C@@]12CCCCC1CC1C3CC[C@@H]4CC(=O)CCC4(C)C3CCC12C. The van der Waals surface area contributed by atoms with E-state index in [1.807, 2.05) is 6.92 Å². The van der Waals surface area contributed by atoms with E-state index in [0.717, 1.165) is 43.4 Å². The second-order valence-corrected chi connectivity index (χ2v) is 11.6. The van der Waals surface area contributed by atoms with Gasteiger partial charge in [0.1, 0.15) is 11.6 Å². The Morgan fingerprint density at radius 1 is 0.926 bits per heavy atom. The highest BCUT2D eigenvalue weighted by atomic mass is 16.1. The molecule has 5 fully saturated rings. The van der Waals surface area contributed by atoms with Crippen molar-refractivity contribution in [3.8, 4) is 0 Å². The molecule has 150 valence electrons. The van der Waals surface area contributed by atoms with Gasteiger partial charge in [0.05, 0.1) is 0 Å². The van der Waals surface area contributed by atoms with Crippen LogP contribution < -0.4 is 0 Å². The number of fused-ring (bicyclic) bond motifs is 7. The number of carbonyl (C=O) groups excluding carboxylic acids is 2. The first-order valence-electron chi connectivity index (χ1n) is 11.9. The molecule has 0 N–H and O–H groups in total. The van der Waals surface area contributed by atoms with Crippen LogP contribution in [-0.2, 0) is 9.59 Å². The Balaban J connectivity index is 1.51. The molecule has 5 aliphatic rings. The van der Waals surface area contributed by atoms with E-state index in [1.54, 1.807) is 0 Å². The van der Waals surface area contributed by atoms with Gasteiger partial charge in [-0.3, -0.25) is 9.59 Å². The maximum Gasteiger partial charge on any atom is 0.136 e. The van der Waals surface area contributed by atoms with Crippen molar-refractivity contribution >= 4 is 11.6 Å². The molecule has 6 unspecified atom stereocenters. The van der Waals surface area contributed by atoms with Gasteiger partial charge in [-0.25, -0.2) is 0 Å². The molecule has 0 saturated heterocycles. The second kappa shape index (κ2) is 5.92. The molecule has 2 heteroatoms. The fraction of sp³-hybridized carbons (Fsp3) is 0.920. The molecule has 0 bridgehead atoms. The van der Waals surface area contributed by atoms with Gasteiger partial charge in [0.15, 0.2) is 0 Å². The van der Waals surface area contributed by atoms with Crippen molar-refractivity contribution in [2.45, 2.75) is 97.8 Å². The van der Waals surface area contributed by atoms with Crippen LogP contribution in [0.3, 0.4) is 0 Å². The quantitative estimate of drug-likeness (QED) is 0.569. The smallest absolute Gasteiger partial charge is 0.136 e. The zero-order chi connectivity index (χ0) is 19.0. The lowest BCUT2D eigenvalue weighted by molar-refractivity contribution is -0.157. The fourth-order valence-electron chi connectivity index (χ4n) is 9.84. The van der Waals surface area contributed by atoms with Crippen LogP contribution in [0, 0.1) is 45.8 Å². The van der Waals surface area contributed by atoms with E-state index >= 15 is 0 Å². The molecule has 8 atom stereocenters. The third-order valence-electron chi connectivity index (χ3n) is 11.1. The van der Waals surface area contributed by atoms with Crippen molar-refractivity contribution in [3.63, 3.8) is 0 Å². The van der Waals surface area contributed by atoms with E-state index < -0.39 is 0 Å². The topological polar surface area (TPSA) is 34.1 Å². The minimum absolute atomic E-state index is 0.0127. The summed E-state index contributed by atoms with van der Waals surface area (Å²) in [6.07, 6.45) is 14.3. The Kier molecular flexibility index (Phi) is 4.03. The molecule has 0 radical (unpaired) electrons. The van der Waals surface area contributed by atoms with Gasteiger partial charge < -0.3 is 0 Å². The van der Waals surface area contributed by atoms with E-state index in [-0.39, 0.29) is 10.8 Å². The van der Waals surface area contributed by atoms with E-state index in [4.69, 9.17) is 0 Å². The van der Waals surface area contributed by atoms with Gasteiger partial charge in [0.25, 0.3) is 0 Å². The minimum Gasteiger partial charge on any atom is -0.300 e. The van der Waals surface area contributed by atoms with Gasteiger partial charge in [-0.05, 0) is 98.7 Å². The lowest BCUT2D eigenvalue weighted by Gasteiger charge is -2.62. The van der Waals surface area contributed by atoms with Crippen molar-refractivity contribution in [2.75, 3.05) is 0 Å². The van der Waals surface area contributed by atoms with E-state index in [1.165, 1.54) is 51.4 Å². The molecule has 2 nitrogen and oxygen atoms in total. The van der Waals surface area contributed by atoms with Crippen LogP contribution in [0.5, 0.6) is 0 Å². The van der Waals surface area contributed by atoms with Crippen LogP contribution in [0.1, 0.15) is 97.8 Å².